The number of hydrogen-bond acceptors (Lipinski definition) is 3. The van der Waals surface area contributed by atoms with Crippen molar-refractivity contribution in [3.63, 3.8) is 0 Å². The van der Waals surface area contributed by atoms with Crippen LogP contribution in [0.5, 0.6) is 0 Å². The Bertz CT molecular complexity index is 538. The summed E-state index contributed by atoms with van der Waals surface area (Å²) in [6.45, 7) is 3.49. The Hall–Kier alpha value is -1.50. The molecule has 2 heterocycles. The summed E-state index contributed by atoms with van der Waals surface area (Å²) in [5, 5.41) is 0. The summed E-state index contributed by atoms with van der Waals surface area (Å²) in [5.74, 6) is -1.08. The van der Waals surface area contributed by atoms with E-state index in [0.29, 0.717) is 37.2 Å². The molecular weight excluding hydrogens is 329 g/mol. The highest BCUT2D eigenvalue weighted by atomic mass is 79.9. The Kier molecular flexibility index (Phi) is 4.69. The maximum atomic E-state index is 13.7. The topological polar surface area (TPSA) is 53.5 Å². The molecule has 2 rings (SSSR count). The highest BCUT2D eigenvalue weighted by Crippen LogP contribution is 2.14. The monoisotopic (exact) mass is 343 g/mol. The summed E-state index contributed by atoms with van der Waals surface area (Å²) >= 11 is 3.13. The van der Waals surface area contributed by atoms with E-state index in [1.165, 1.54) is 19.1 Å². The van der Waals surface area contributed by atoms with Gasteiger partial charge < -0.3 is 9.80 Å². The second-order valence-electron chi connectivity index (χ2n) is 4.62. The van der Waals surface area contributed by atoms with Gasteiger partial charge >= 0.3 is 0 Å². The highest BCUT2D eigenvalue weighted by Gasteiger charge is 2.24. The Morgan fingerprint density at radius 2 is 1.85 bits per heavy atom. The lowest BCUT2D eigenvalue weighted by molar-refractivity contribution is -0.128. The van der Waals surface area contributed by atoms with Crippen LogP contribution in [-0.2, 0) is 4.79 Å². The molecule has 1 saturated heterocycles. The van der Waals surface area contributed by atoms with Crippen molar-refractivity contribution in [1.82, 2.24) is 14.8 Å². The summed E-state index contributed by atoms with van der Waals surface area (Å²) in [5.41, 5.74) is -0.185. The number of halogens is 2. The fourth-order valence-electron chi connectivity index (χ4n) is 2.15. The Balaban J connectivity index is 2.13. The Labute approximate surface area is 124 Å². The molecule has 5 nitrogen and oxygen atoms in total. The molecule has 0 saturated carbocycles. The van der Waals surface area contributed by atoms with E-state index in [1.54, 1.807) is 9.80 Å². The summed E-state index contributed by atoms with van der Waals surface area (Å²) in [4.78, 5) is 30.8. The van der Waals surface area contributed by atoms with E-state index < -0.39 is 11.7 Å². The second kappa shape index (κ2) is 6.30. The molecule has 7 heteroatoms. The van der Waals surface area contributed by atoms with Crippen LogP contribution in [0.4, 0.5) is 4.39 Å². The average Bonchev–Trinajstić information content (AvgIpc) is 2.66. The second-order valence-corrected chi connectivity index (χ2v) is 5.43. The van der Waals surface area contributed by atoms with Gasteiger partial charge in [-0.2, -0.15) is 0 Å². The number of aromatic nitrogens is 1. The van der Waals surface area contributed by atoms with Gasteiger partial charge in [-0.25, -0.2) is 9.37 Å². The predicted molar refractivity (Wildman–Crippen MR) is 74.7 cm³/mol. The molecule has 1 aromatic heterocycles. The van der Waals surface area contributed by atoms with Crippen LogP contribution in [0, 0.1) is 5.82 Å². The third-order valence-corrected chi connectivity index (χ3v) is 3.68. The molecule has 2 amide bonds. The summed E-state index contributed by atoms with van der Waals surface area (Å²) < 4.78 is 14.1. The molecule has 1 aliphatic rings. The quantitative estimate of drug-likeness (QED) is 0.729. The van der Waals surface area contributed by atoms with Gasteiger partial charge in [0, 0.05) is 33.1 Å². The van der Waals surface area contributed by atoms with E-state index in [-0.39, 0.29) is 11.6 Å². The van der Waals surface area contributed by atoms with E-state index in [1.807, 2.05) is 0 Å². The maximum absolute atomic E-state index is 13.7. The Morgan fingerprint density at radius 3 is 2.55 bits per heavy atom. The standard InChI is InChI=1S/C13H15BrFN3O2/c1-9(19)17-5-2-6-18(8-7-17)13(20)12-10(15)3-4-11(14)16-12/h3-4H,2,5-8H2,1H3. The van der Waals surface area contributed by atoms with Crippen LogP contribution in [0.3, 0.4) is 0 Å². The number of amides is 2. The van der Waals surface area contributed by atoms with Crippen LogP contribution in [0.1, 0.15) is 23.8 Å². The van der Waals surface area contributed by atoms with Crippen molar-refractivity contribution >= 4 is 27.7 Å². The lowest BCUT2D eigenvalue weighted by Gasteiger charge is -2.21. The first-order valence-electron chi connectivity index (χ1n) is 6.36. The molecule has 0 N–H and O–H groups in total. The van der Waals surface area contributed by atoms with Gasteiger partial charge in [-0.3, -0.25) is 9.59 Å². The molecule has 0 unspecified atom stereocenters. The van der Waals surface area contributed by atoms with Gasteiger partial charge in [-0.15, -0.1) is 0 Å². The van der Waals surface area contributed by atoms with Crippen molar-refractivity contribution < 1.29 is 14.0 Å². The van der Waals surface area contributed by atoms with Gasteiger partial charge in [-0.05, 0) is 34.5 Å². The molecule has 1 fully saturated rings. The molecule has 0 atom stereocenters. The molecule has 0 spiro atoms. The number of rotatable bonds is 1. The minimum atomic E-state index is -0.633. The molecular formula is C13H15BrFN3O2. The molecule has 1 aliphatic heterocycles. The first-order valence-corrected chi connectivity index (χ1v) is 7.15. The zero-order valence-corrected chi connectivity index (χ0v) is 12.7. The van der Waals surface area contributed by atoms with E-state index in [2.05, 4.69) is 20.9 Å². The number of nitrogens with zero attached hydrogens (tertiary/aromatic N) is 3. The third-order valence-electron chi connectivity index (χ3n) is 3.24. The summed E-state index contributed by atoms with van der Waals surface area (Å²) in [6, 6.07) is 2.66. The number of carbonyl (C=O) groups is 2. The molecule has 1 aromatic rings. The molecule has 0 bridgehead atoms. The van der Waals surface area contributed by atoms with E-state index in [4.69, 9.17) is 0 Å². The SMILES string of the molecule is CC(=O)N1CCCN(C(=O)c2nc(Br)ccc2F)CC1. The zero-order chi connectivity index (χ0) is 14.7. The fourth-order valence-corrected chi connectivity index (χ4v) is 2.46. The lowest BCUT2D eigenvalue weighted by Crippen LogP contribution is -2.37. The normalized spacial score (nSPS) is 15.9. The number of pyridine rings is 1. The van der Waals surface area contributed by atoms with Crippen LogP contribution in [0.2, 0.25) is 0 Å². The van der Waals surface area contributed by atoms with E-state index in [0.717, 1.165) is 0 Å². The van der Waals surface area contributed by atoms with Gasteiger partial charge in [0.15, 0.2) is 11.5 Å². The lowest BCUT2D eigenvalue weighted by atomic mass is 10.3. The van der Waals surface area contributed by atoms with Crippen LogP contribution < -0.4 is 0 Å². The number of hydrogen-bond donors (Lipinski definition) is 0. The molecule has 0 radical (unpaired) electrons. The molecule has 0 aliphatic carbocycles. The average molecular weight is 344 g/mol. The fraction of sp³-hybridized carbons (Fsp3) is 0.462. The van der Waals surface area contributed by atoms with E-state index >= 15 is 0 Å². The number of carbonyl (C=O) groups excluding carboxylic acids is 2. The molecule has 0 aromatic carbocycles. The van der Waals surface area contributed by atoms with Gasteiger partial charge in [0.2, 0.25) is 5.91 Å². The van der Waals surface area contributed by atoms with E-state index in [9.17, 15) is 14.0 Å². The highest BCUT2D eigenvalue weighted by molar-refractivity contribution is 9.10. The van der Waals surface area contributed by atoms with Crippen molar-refractivity contribution in [2.75, 3.05) is 26.2 Å². The predicted octanol–water partition coefficient (Wildman–Crippen LogP) is 1.68. The van der Waals surface area contributed by atoms with Crippen LogP contribution in [0.25, 0.3) is 0 Å². The first-order chi connectivity index (χ1) is 9.49. The van der Waals surface area contributed by atoms with Gasteiger partial charge in [0.05, 0.1) is 0 Å². The smallest absolute Gasteiger partial charge is 0.275 e. The Morgan fingerprint density at radius 1 is 1.20 bits per heavy atom. The first kappa shape index (κ1) is 14.9. The van der Waals surface area contributed by atoms with Crippen LogP contribution in [0.15, 0.2) is 16.7 Å². The van der Waals surface area contributed by atoms with Gasteiger partial charge in [0.1, 0.15) is 4.60 Å². The van der Waals surface area contributed by atoms with Gasteiger partial charge in [-0.1, -0.05) is 0 Å². The molecule has 20 heavy (non-hydrogen) atoms. The third kappa shape index (κ3) is 3.33. The van der Waals surface area contributed by atoms with Crippen LogP contribution in [-0.4, -0.2) is 52.8 Å². The van der Waals surface area contributed by atoms with Crippen molar-refractivity contribution in [1.29, 1.82) is 0 Å². The van der Waals surface area contributed by atoms with Crippen molar-refractivity contribution in [2.24, 2.45) is 0 Å². The minimum Gasteiger partial charge on any atom is -0.341 e. The molecule has 108 valence electrons. The van der Waals surface area contributed by atoms with Crippen LogP contribution >= 0.6 is 15.9 Å². The summed E-state index contributed by atoms with van der Waals surface area (Å²) in [7, 11) is 0. The largest absolute Gasteiger partial charge is 0.341 e. The van der Waals surface area contributed by atoms with Crippen molar-refractivity contribution in [3.05, 3.63) is 28.2 Å². The van der Waals surface area contributed by atoms with Crippen molar-refractivity contribution in [3.8, 4) is 0 Å². The van der Waals surface area contributed by atoms with Gasteiger partial charge in [0.25, 0.3) is 5.91 Å². The minimum absolute atomic E-state index is 0.00828. The van der Waals surface area contributed by atoms with Crippen molar-refractivity contribution in [2.45, 2.75) is 13.3 Å². The zero-order valence-electron chi connectivity index (χ0n) is 11.1. The maximum Gasteiger partial charge on any atom is 0.275 e. The summed E-state index contributed by atoms with van der Waals surface area (Å²) in [6.07, 6.45) is 0.681.